The number of fused-ring (bicyclic) bond motifs is 2. The molecule has 0 radical (unpaired) electrons. The lowest BCUT2D eigenvalue weighted by atomic mass is 10.1. The van der Waals surface area contributed by atoms with Crippen molar-refractivity contribution in [3.8, 4) is 0 Å². The molecule has 2 aromatic heterocycles. The summed E-state index contributed by atoms with van der Waals surface area (Å²) in [4.78, 5) is 34.8. The van der Waals surface area contributed by atoms with E-state index in [0.29, 0.717) is 54.0 Å². The van der Waals surface area contributed by atoms with Crippen molar-refractivity contribution in [3.63, 3.8) is 0 Å². The van der Waals surface area contributed by atoms with Crippen molar-refractivity contribution in [1.82, 2.24) is 29.5 Å². The van der Waals surface area contributed by atoms with Gasteiger partial charge in [0.1, 0.15) is 18.2 Å². The number of rotatable bonds is 5. The quantitative estimate of drug-likeness (QED) is 0.564. The van der Waals surface area contributed by atoms with Gasteiger partial charge in [-0.15, -0.1) is 0 Å². The Morgan fingerprint density at radius 3 is 2.64 bits per heavy atom. The minimum Gasteiger partial charge on any atom is -0.338 e. The Morgan fingerprint density at radius 1 is 1.08 bits per heavy atom. The number of anilines is 2. The molecule has 11 heteroatoms. The average molecular weight is 514 g/mol. The van der Waals surface area contributed by atoms with Gasteiger partial charge in [-0.05, 0) is 38.4 Å². The summed E-state index contributed by atoms with van der Waals surface area (Å²) >= 11 is 6.35. The van der Waals surface area contributed by atoms with Crippen molar-refractivity contribution in [3.05, 3.63) is 46.5 Å². The molecular formula is C25H29ClFN7O2. The first-order valence-corrected chi connectivity index (χ1v) is 12.4. The predicted molar refractivity (Wildman–Crippen MR) is 136 cm³/mol. The first-order valence-electron chi connectivity index (χ1n) is 12.1. The number of likely N-dealkylation sites (N-methyl/N-ethyl adjacent to an activating group) is 1. The van der Waals surface area contributed by atoms with E-state index < -0.39 is 5.82 Å². The van der Waals surface area contributed by atoms with Crippen molar-refractivity contribution in [2.45, 2.75) is 39.4 Å². The van der Waals surface area contributed by atoms with Crippen LogP contribution in [0.1, 0.15) is 25.1 Å². The number of nitrogens with zero attached hydrogens (tertiary/aromatic N) is 6. The Balaban J connectivity index is 1.38. The van der Waals surface area contributed by atoms with E-state index in [2.05, 4.69) is 15.4 Å². The molecule has 4 heterocycles. The van der Waals surface area contributed by atoms with Gasteiger partial charge in [-0.25, -0.2) is 9.37 Å². The van der Waals surface area contributed by atoms with Crippen LogP contribution in [0.15, 0.2) is 24.4 Å². The summed E-state index contributed by atoms with van der Waals surface area (Å²) in [6.07, 6.45) is 2.24. The van der Waals surface area contributed by atoms with E-state index in [-0.39, 0.29) is 36.0 Å². The molecule has 1 aromatic carbocycles. The standard InChI is InChI=1S/C25H29ClFN7O2/c1-15(2)33-5-4-18-10-21(30-34(18)14-23(33)36)29-20-9-16-8-17(25(27)24(26)19(16)11-28-20)12-32-7-6-31(3)13-22(32)35/h8-11,15H,4-7,12-14H2,1-3H3,(H,28,29,30). The Hall–Kier alpha value is -3.24. The molecule has 0 unspecified atom stereocenters. The van der Waals surface area contributed by atoms with Gasteiger partial charge in [-0.3, -0.25) is 19.2 Å². The summed E-state index contributed by atoms with van der Waals surface area (Å²) in [6, 6.07) is 5.57. The van der Waals surface area contributed by atoms with Gasteiger partial charge in [-0.2, -0.15) is 5.10 Å². The molecule has 2 aliphatic heterocycles. The summed E-state index contributed by atoms with van der Waals surface area (Å²) < 4.78 is 16.8. The van der Waals surface area contributed by atoms with Crippen LogP contribution in [0.2, 0.25) is 5.02 Å². The molecule has 1 N–H and O–H groups in total. The summed E-state index contributed by atoms with van der Waals surface area (Å²) in [5.74, 6) is 0.585. The molecule has 9 nitrogen and oxygen atoms in total. The van der Waals surface area contributed by atoms with E-state index in [9.17, 15) is 9.59 Å². The molecule has 0 bridgehead atoms. The highest BCUT2D eigenvalue weighted by molar-refractivity contribution is 6.35. The second-order valence-electron chi connectivity index (χ2n) is 9.74. The predicted octanol–water partition coefficient (Wildman–Crippen LogP) is 3.03. The number of nitrogens with one attached hydrogen (secondary N) is 1. The molecule has 2 aliphatic rings. The van der Waals surface area contributed by atoms with E-state index in [1.165, 1.54) is 6.20 Å². The Bertz CT molecular complexity index is 1340. The number of hydrogen-bond donors (Lipinski definition) is 1. The number of piperazine rings is 1. The van der Waals surface area contributed by atoms with Crippen LogP contribution in [0.3, 0.4) is 0 Å². The topological polar surface area (TPSA) is 86.6 Å². The number of benzene rings is 1. The highest BCUT2D eigenvalue weighted by Crippen LogP contribution is 2.31. The number of amides is 2. The van der Waals surface area contributed by atoms with Crippen molar-refractivity contribution in [2.75, 3.05) is 38.5 Å². The number of carbonyl (C=O) groups is 2. The minimum absolute atomic E-state index is 0.00921. The van der Waals surface area contributed by atoms with Crippen molar-refractivity contribution < 1.29 is 14.0 Å². The van der Waals surface area contributed by atoms with Crippen LogP contribution < -0.4 is 5.32 Å². The molecule has 0 aliphatic carbocycles. The van der Waals surface area contributed by atoms with Gasteiger partial charge in [-0.1, -0.05) is 11.6 Å². The van der Waals surface area contributed by atoms with Gasteiger partial charge >= 0.3 is 0 Å². The normalized spacial score (nSPS) is 17.2. The Kier molecular flexibility index (Phi) is 6.57. The van der Waals surface area contributed by atoms with E-state index in [4.69, 9.17) is 11.6 Å². The number of carbonyl (C=O) groups excluding carboxylic acids is 2. The largest absolute Gasteiger partial charge is 0.338 e. The SMILES string of the molecule is CC(C)N1CCc2cc(Nc3cc4cc(CN5CCN(C)CC5=O)c(F)c(Cl)c4cn3)nn2CC1=O. The zero-order valence-electron chi connectivity index (χ0n) is 20.6. The van der Waals surface area contributed by atoms with Crippen molar-refractivity contribution >= 4 is 45.8 Å². The molecule has 5 rings (SSSR count). The maximum atomic E-state index is 15.0. The lowest BCUT2D eigenvalue weighted by molar-refractivity contribution is -0.136. The number of pyridine rings is 1. The third-order valence-corrected chi connectivity index (χ3v) is 7.17. The molecule has 3 aromatic rings. The summed E-state index contributed by atoms with van der Waals surface area (Å²) in [7, 11) is 1.89. The van der Waals surface area contributed by atoms with Crippen LogP contribution >= 0.6 is 11.6 Å². The molecule has 1 saturated heterocycles. The van der Waals surface area contributed by atoms with Gasteiger partial charge in [0, 0.05) is 67.5 Å². The van der Waals surface area contributed by atoms with Crippen LogP contribution in [0.25, 0.3) is 10.8 Å². The highest BCUT2D eigenvalue weighted by atomic mass is 35.5. The summed E-state index contributed by atoms with van der Waals surface area (Å²) in [5.41, 5.74) is 1.34. The zero-order valence-corrected chi connectivity index (χ0v) is 21.3. The second-order valence-corrected chi connectivity index (χ2v) is 10.1. The fraction of sp³-hybridized carbons (Fsp3) is 0.440. The molecule has 0 saturated carbocycles. The third-order valence-electron chi connectivity index (χ3n) is 6.80. The Labute approximate surface area is 213 Å². The summed E-state index contributed by atoms with van der Waals surface area (Å²) in [6.45, 7) is 6.62. The highest BCUT2D eigenvalue weighted by Gasteiger charge is 2.25. The van der Waals surface area contributed by atoms with E-state index in [0.717, 1.165) is 12.2 Å². The molecule has 2 amide bonds. The minimum atomic E-state index is -0.531. The molecule has 0 atom stereocenters. The lowest BCUT2D eigenvalue weighted by Crippen LogP contribution is -2.48. The van der Waals surface area contributed by atoms with Crippen LogP contribution in [-0.4, -0.2) is 80.5 Å². The van der Waals surface area contributed by atoms with Gasteiger partial charge in [0.25, 0.3) is 0 Å². The van der Waals surface area contributed by atoms with Crippen molar-refractivity contribution in [1.29, 1.82) is 0 Å². The van der Waals surface area contributed by atoms with Crippen LogP contribution in [0.5, 0.6) is 0 Å². The smallest absolute Gasteiger partial charge is 0.244 e. The number of halogens is 2. The van der Waals surface area contributed by atoms with Gasteiger partial charge < -0.3 is 15.1 Å². The van der Waals surface area contributed by atoms with E-state index in [1.54, 1.807) is 21.7 Å². The molecule has 190 valence electrons. The second kappa shape index (κ2) is 9.67. The molecule has 1 fully saturated rings. The van der Waals surface area contributed by atoms with Gasteiger partial charge in [0.15, 0.2) is 5.82 Å². The van der Waals surface area contributed by atoms with Crippen LogP contribution in [-0.2, 0) is 29.1 Å². The van der Waals surface area contributed by atoms with E-state index >= 15 is 4.39 Å². The molecular weight excluding hydrogens is 485 g/mol. The van der Waals surface area contributed by atoms with E-state index in [1.807, 2.05) is 36.8 Å². The molecule has 0 spiro atoms. The average Bonchev–Trinajstić information content (AvgIpc) is 3.11. The van der Waals surface area contributed by atoms with Gasteiger partial charge in [0.2, 0.25) is 11.8 Å². The maximum absolute atomic E-state index is 15.0. The summed E-state index contributed by atoms with van der Waals surface area (Å²) in [5, 5.41) is 8.94. The fourth-order valence-electron chi connectivity index (χ4n) is 4.78. The molecule has 36 heavy (non-hydrogen) atoms. The van der Waals surface area contributed by atoms with Crippen molar-refractivity contribution in [2.24, 2.45) is 0 Å². The Morgan fingerprint density at radius 2 is 1.89 bits per heavy atom. The lowest BCUT2D eigenvalue weighted by Gasteiger charge is -2.32. The third kappa shape index (κ3) is 4.75. The monoisotopic (exact) mass is 513 g/mol. The number of hydrogen-bond acceptors (Lipinski definition) is 6. The van der Waals surface area contributed by atoms with Crippen LogP contribution in [0, 0.1) is 5.82 Å². The van der Waals surface area contributed by atoms with Gasteiger partial charge in [0.05, 0.1) is 11.6 Å². The first-order chi connectivity index (χ1) is 17.2. The zero-order chi connectivity index (χ0) is 25.6. The number of aromatic nitrogens is 3. The maximum Gasteiger partial charge on any atom is 0.244 e. The van der Waals surface area contributed by atoms with Crippen LogP contribution in [0.4, 0.5) is 16.0 Å². The fourth-order valence-corrected chi connectivity index (χ4v) is 5.06. The first kappa shape index (κ1) is 24.5.